The van der Waals surface area contributed by atoms with Gasteiger partial charge in [-0.15, -0.1) is 0 Å². The fourth-order valence-corrected chi connectivity index (χ4v) is 1.86. The molecule has 0 aliphatic heterocycles. The molecule has 1 heterocycles. The van der Waals surface area contributed by atoms with Crippen LogP contribution in [0.25, 0.3) is 17.0 Å². The third-order valence-corrected chi connectivity index (χ3v) is 2.61. The molecule has 2 aromatic rings. The minimum atomic E-state index is -0.550. The highest BCUT2D eigenvalue weighted by atomic mass is 16.6. The highest BCUT2D eigenvalue weighted by Crippen LogP contribution is 2.24. The second-order valence-corrected chi connectivity index (χ2v) is 3.79. The van der Waals surface area contributed by atoms with Crippen LogP contribution in [-0.2, 0) is 4.74 Å². The topological polar surface area (TPSA) is 85.2 Å². The predicted molar refractivity (Wildman–Crippen MR) is 70.3 cm³/mol. The minimum Gasteiger partial charge on any atom is -0.462 e. The van der Waals surface area contributed by atoms with Gasteiger partial charge in [0.25, 0.3) is 0 Å². The normalized spacial score (nSPS) is 11.0. The average molecular weight is 260 g/mol. The largest absolute Gasteiger partial charge is 0.462 e. The Labute approximate surface area is 108 Å². The summed E-state index contributed by atoms with van der Waals surface area (Å²) in [6.45, 7) is 2.00. The molecule has 6 nitrogen and oxygen atoms in total. The molecule has 98 valence electrons. The van der Waals surface area contributed by atoms with Crippen molar-refractivity contribution in [1.29, 1.82) is 0 Å². The van der Waals surface area contributed by atoms with Crippen LogP contribution in [0.4, 0.5) is 0 Å². The van der Waals surface area contributed by atoms with Crippen LogP contribution in [0.1, 0.15) is 22.8 Å². The van der Waals surface area contributed by atoms with Gasteiger partial charge in [-0.05, 0) is 19.1 Å². The van der Waals surface area contributed by atoms with Gasteiger partial charge in [-0.1, -0.05) is 6.07 Å². The van der Waals surface area contributed by atoms with Crippen molar-refractivity contribution in [3.05, 3.63) is 51.8 Å². The van der Waals surface area contributed by atoms with E-state index in [0.29, 0.717) is 16.5 Å². The van der Waals surface area contributed by atoms with E-state index < -0.39 is 10.9 Å². The van der Waals surface area contributed by atoms with Crippen molar-refractivity contribution >= 4 is 22.9 Å². The summed E-state index contributed by atoms with van der Waals surface area (Å²) in [5.41, 5.74) is 1.70. The minimum absolute atomic E-state index is 0.277. The van der Waals surface area contributed by atoms with Crippen LogP contribution in [0.5, 0.6) is 0 Å². The molecule has 6 heteroatoms. The number of rotatable bonds is 4. The summed E-state index contributed by atoms with van der Waals surface area (Å²) in [6.07, 6.45) is 3.81. The molecule has 0 fully saturated rings. The molecule has 2 rings (SSSR count). The van der Waals surface area contributed by atoms with Crippen LogP contribution in [0, 0.1) is 10.1 Å². The monoisotopic (exact) mass is 260 g/mol. The van der Waals surface area contributed by atoms with Gasteiger partial charge in [-0.3, -0.25) is 10.1 Å². The van der Waals surface area contributed by atoms with E-state index in [0.717, 1.165) is 11.7 Å². The molecule has 0 spiro atoms. The number of ether oxygens (including phenoxy) is 1. The van der Waals surface area contributed by atoms with E-state index >= 15 is 0 Å². The van der Waals surface area contributed by atoms with Gasteiger partial charge < -0.3 is 9.72 Å². The van der Waals surface area contributed by atoms with Gasteiger partial charge in [-0.2, -0.15) is 0 Å². The number of aromatic nitrogens is 1. The maximum atomic E-state index is 11.9. The first-order valence-electron chi connectivity index (χ1n) is 5.72. The van der Waals surface area contributed by atoms with Crippen LogP contribution in [-0.4, -0.2) is 22.5 Å². The van der Waals surface area contributed by atoms with Crippen molar-refractivity contribution in [1.82, 2.24) is 4.98 Å². The number of aromatic amines is 1. The Morgan fingerprint density at radius 2 is 2.32 bits per heavy atom. The number of carbonyl (C=O) groups excluding carboxylic acids is 1. The summed E-state index contributed by atoms with van der Waals surface area (Å²) < 4.78 is 4.98. The molecule has 0 aliphatic carbocycles. The zero-order valence-corrected chi connectivity index (χ0v) is 10.3. The smallest absolute Gasteiger partial charge is 0.338 e. The molecule has 0 atom stereocenters. The number of nitro groups is 1. The molecular weight excluding hydrogens is 248 g/mol. The van der Waals surface area contributed by atoms with Crippen LogP contribution in [0.15, 0.2) is 30.6 Å². The van der Waals surface area contributed by atoms with E-state index in [9.17, 15) is 14.9 Å². The second-order valence-electron chi connectivity index (χ2n) is 3.79. The summed E-state index contributed by atoms with van der Waals surface area (Å²) in [7, 11) is 0. The van der Waals surface area contributed by atoms with E-state index in [1.54, 1.807) is 31.3 Å². The molecule has 0 unspecified atom stereocenters. The number of hydrogen-bond donors (Lipinski definition) is 1. The second kappa shape index (κ2) is 5.34. The number of fused-ring (bicyclic) bond motifs is 1. The van der Waals surface area contributed by atoms with Gasteiger partial charge in [0, 0.05) is 28.7 Å². The Morgan fingerprint density at radius 1 is 1.53 bits per heavy atom. The number of esters is 1. The first-order valence-corrected chi connectivity index (χ1v) is 5.72. The molecular formula is C13H12N2O4. The van der Waals surface area contributed by atoms with E-state index in [1.165, 1.54) is 6.08 Å². The lowest BCUT2D eigenvalue weighted by molar-refractivity contribution is -0.400. The Bertz CT molecular complexity index is 658. The summed E-state index contributed by atoms with van der Waals surface area (Å²) >= 11 is 0. The van der Waals surface area contributed by atoms with Crippen molar-refractivity contribution < 1.29 is 14.5 Å². The van der Waals surface area contributed by atoms with Crippen LogP contribution in [0.2, 0.25) is 0 Å². The Balaban J connectivity index is 2.55. The van der Waals surface area contributed by atoms with Crippen molar-refractivity contribution in [3.63, 3.8) is 0 Å². The molecule has 0 aliphatic rings. The number of carbonyl (C=O) groups is 1. The first-order chi connectivity index (χ1) is 9.13. The molecule has 0 saturated heterocycles. The summed E-state index contributed by atoms with van der Waals surface area (Å²) in [4.78, 5) is 24.6. The molecule has 0 bridgehead atoms. The zero-order chi connectivity index (χ0) is 13.8. The highest BCUT2D eigenvalue weighted by Gasteiger charge is 2.14. The lowest BCUT2D eigenvalue weighted by atomic mass is 10.1. The van der Waals surface area contributed by atoms with Crippen LogP contribution in [0.3, 0.4) is 0 Å². The summed E-state index contributed by atoms with van der Waals surface area (Å²) in [5.74, 6) is -0.441. The predicted octanol–water partition coefficient (Wildman–Crippen LogP) is 2.59. The number of nitrogens with one attached hydrogen (secondary N) is 1. The molecule has 0 radical (unpaired) electrons. The fourth-order valence-electron chi connectivity index (χ4n) is 1.86. The number of H-pyrrole nitrogens is 1. The summed E-state index contributed by atoms with van der Waals surface area (Å²) in [6, 6.07) is 5.16. The standard InChI is InChI=1S/C13H12N2O4/c1-2-19-13(16)10-4-3-5-11-12(10)9(8-14-11)6-7-15(17)18/h3-8,14H,2H2,1H3. The van der Waals surface area contributed by atoms with Gasteiger partial charge in [0.1, 0.15) is 0 Å². The fraction of sp³-hybridized carbons (Fsp3) is 0.154. The number of hydrogen-bond acceptors (Lipinski definition) is 4. The Kier molecular flexibility index (Phi) is 3.61. The van der Waals surface area contributed by atoms with Crippen molar-refractivity contribution in [2.75, 3.05) is 6.61 Å². The molecule has 1 aromatic carbocycles. The van der Waals surface area contributed by atoms with Crippen molar-refractivity contribution in [2.45, 2.75) is 6.92 Å². The van der Waals surface area contributed by atoms with E-state index in [4.69, 9.17) is 4.74 Å². The molecule has 1 N–H and O–H groups in total. The lowest BCUT2D eigenvalue weighted by Crippen LogP contribution is -2.05. The third kappa shape index (κ3) is 2.62. The molecule has 19 heavy (non-hydrogen) atoms. The highest BCUT2D eigenvalue weighted by molar-refractivity contribution is 6.07. The Hall–Kier alpha value is -2.63. The van der Waals surface area contributed by atoms with Crippen LogP contribution < -0.4 is 0 Å². The quantitative estimate of drug-likeness (QED) is 0.520. The maximum absolute atomic E-state index is 11.9. The van der Waals surface area contributed by atoms with E-state index in [2.05, 4.69) is 4.98 Å². The molecule has 1 aromatic heterocycles. The van der Waals surface area contributed by atoms with Crippen molar-refractivity contribution in [3.8, 4) is 0 Å². The number of benzene rings is 1. The molecule has 0 saturated carbocycles. The van der Waals surface area contributed by atoms with Crippen LogP contribution >= 0.6 is 0 Å². The van der Waals surface area contributed by atoms with Gasteiger partial charge in [0.15, 0.2) is 0 Å². The van der Waals surface area contributed by atoms with E-state index in [1.807, 2.05) is 0 Å². The SMILES string of the molecule is CCOC(=O)c1cccc2[nH]cc(C=C[N+](=O)[O-])c12. The summed E-state index contributed by atoms with van der Waals surface area (Å²) in [5, 5.41) is 11.0. The van der Waals surface area contributed by atoms with Gasteiger partial charge >= 0.3 is 5.97 Å². The average Bonchev–Trinajstić information content (AvgIpc) is 2.79. The van der Waals surface area contributed by atoms with Crippen molar-refractivity contribution in [2.24, 2.45) is 0 Å². The number of nitrogens with zero attached hydrogens (tertiary/aromatic N) is 1. The molecule has 0 amide bonds. The van der Waals surface area contributed by atoms with Gasteiger partial charge in [-0.25, -0.2) is 4.79 Å². The third-order valence-electron chi connectivity index (χ3n) is 2.61. The first kappa shape index (κ1) is 12.8. The van der Waals surface area contributed by atoms with Gasteiger partial charge in [0.05, 0.1) is 17.1 Å². The van der Waals surface area contributed by atoms with Gasteiger partial charge in [0.2, 0.25) is 6.20 Å². The van der Waals surface area contributed by atoms with E-state index in [-0.39, 0.29) is 6.61 Å². The maximum Gasteiger partial charge on any atom is 0.338 e. The Morgan fingerprint density at radius 3 is 3.00 bits per heavy atom. The lowest BCUT2D eigenvalue weighted by Gasteiger charge is -2.03. The zero-order valence-electron chi connectivity index (χ0n) is 10.3.